The summed E-state index contributed by atoms with van der Waals surface area (Å²) in [7, 11) is 2.00. The van der Waals surface area contributed by atoms with E-state index in [1.165, 1.54) is 0 Å². The van der Waals surface area contributed by atoms with Crippen molar-refractivity contribution in [2.24, 2.45) is 0 Å². The van der Waals surface area contributed by atoms with E-state index in [4.69, 9.17) is 5.26 Å². The highest BCUT2D eigenvalue weighted by atomic mass is 15.2. The highest BCUT2D eigenvalue weighted by Gasteiger charge is 2.05. The highest BCUT2D eigenvalue weighted by Crippen LogP contribution is 2.14. The molecule has 1 aromatic heterocycles. The SMILES string of the molecule is CCCN(C)c1cc(NCC#N)nc(C)n1. The minimum atomic E-state index is 0.257. The molecule has 1 aromatic rings. The molecule has 5 heteroatoms. The van der Waals surface area contributed by atoms with Gasteiger partial charge >= 0.3 is 0 Å². The van der Waals surface area contributed by atoms with Gasteiger partial charge in [0.15, 0.2) is 0 Å². The zero-order valence-electron chi connectivity index (χ0n) is 9.99. The summed E-state index contributed by atoms with van der Waals surface area (Å²) in [6.45, 7) is 5.18. The Balaban J connectivity index is 2.85. The van der Waals surface area contributed by atoms with E-state index in [9.17, 15) is 0 Å². The van der Waals surface area contributed by atoms with Gasteiger partial charge in [0, 0.05) is 19.7 Å². The summed E-state index contributed by atoms with van der Waals surface area (Å²) in [4.78, 5) is 10.6. The Morgan fingerprint density at radius 3 is 2.88 bits per heavy atom. The molecular weight excluding hydrogens is 202 g/mol. The van der Waals surface area contributed by atoms with E-state index in [1.807, 2.05) is 26.1 Å². The second-order valence-corrected chi connectivity index (χ2v) is 3.59. The zero-order chi connectivity index (χ0) is 12.0. The van der Waals surface area contributed by atoms with Gasteiger partial charge in [0.25, 0.3) is 0 Å². The quantitative estimate of drug-likeness (QED) is 0.761. The molecule has 0 saturated carbocycles. The third-order valence-electron chi connectivity index (χ3n) is 2.12. The van der Waals surface area contributed by atoms with Crippen LogP contribution in [-0.4, -0.2) is 30.1 Å². The molecule has 1 heterocycles. The van der Waals surface area contributed by atoms with Crippen LogP contribution in [0.5, 0.6) is 0 Å². The highest BCUT2D eigenvalue weighted by molar-refractivity contribution is 5.49. The zero-order valence-corrected chi connectivity index (χ0v) is 9.99. The number of rotatable bonds is 5. The molecule has 1 N–H and O–H groups in total. The molecule has 86 valence electrons. The fraction of sp³-hybridized carbons (Fsp3) is 0.545. The fourth-order valence-corrected chi connectivity index (χ4v) is 1.42. The predicted octanol–water partition coefficient (Wildman–Crippen LogP) is 1.57. The Hall–Kier alpha value is -1.83. The van der Waals surface area contributed by atoms with Crippen molar-refractivity contribution in [1.82, 2.24) is 9.97 Å². The van der Waals surface area contributed by atoms with Crippen LogP contribution in [0.3, 0.4) is 0 Å². The molecule has 0 spiro atoms. The van der Waals surface area contributed by atoms with Crippen LogP contribution in [-0.2, 0) is 0 Å². The maximum absolute atomic E-state index is 8.49. The van der Waals surface area contributed by atoms with Gasteiger partial charge in [0.05, 0.1) is 6.07 Å². The summed E-state index contributed by atoms with van der Waals surface area (Å²) in [5, 5.41) is 11.4. The number of aryl methyl sites for hydroxylation is 1. The average molecular weight is 219 g/mol. The van der Waals surface area contributed by atoms with Gasteiger partial charge in [0.1, 0.15) is 24.0 Å². The molecule has 0 bridgehead atoms. The minimum absolute atomic E-state index is 0.257. The van der Waals surface area contributed by atoms with Crippen LogP contribution in [0, 0.1) is 18.3 Å². The lowest BCUT2D eigenvalue weighted by atomic mass is 10.4. The lowest BCUT2D eigenvalue weighted by Crippen LogP contribution is -2.20. The largest absolute Gasteiger partial charge is 0.360 e. The Kier molecular flexibility index (Phi) is 4.52. The van der Waals surface area contributed by atoms with Crippen LogP contribution in [0.1, 0.15) is 19.2 Å². The van der Waals surface area contributed by atoms with Gasteiger partial charge in [-0.2, -0.15) is 5.26 Å². The van der Waals surface area contributed by atoms with E-state index in [1.54, 1.807) is 0 Å². The molecule has 16 heavy (non-hydrogen) atoms. The number of aromatic nitrogens is 2. The molecule has 0 atom stereocenters. The minimum Gasteiger partial charge on any atom is -0.360 e. The summed E-state index contributed by atoms with van der Waals surface area (Å²) >= 11 is 0. The van der Waals surface area contributed by atoms with Gasteiger partial charge in [-0.05, 0) is 13.3 Å². The molecule has 1 rings (SSSR count). The molecule has 0 radical (unpaired) electrons. The topological polar surface area (TPSA) is 64.8 Å². The summed E-state index contributed by atoms with van der Waals surface area (Å²) in [6.07, 6.45) is 1.07. The van der Waals surface area contributed by atoms with E-state index in [0.717, 1.165) is 18.8 Å². The lowest BCUT2D eigenvalue weighted by molar-refractivity contribution is 0.829. The van der Waals surface area contributed by atoms with Crippen molar-refractivity contribution >= 4 is 11.6 Å². The third-order valence-corrected chi connectivity index (χ3v) is 2.12. The number of nitrogens with zero attached hydrogens (tertiary/aromatic N) is 4. The molecule has 0 aliphatic heterocycles. The van der Waals surface area contributed by atoms with Crippen LogP contribution in [0.4, 0.5) is 11.6 Å². The molecule has 0 amide bonds. The number of hydrogen-bond acceptors (Lipinski definition) is 5. The molecule has 0 aromatic carbocycles. The van der Waals surface area contributed by atoms with Crippen molar-refractivity contribution in [2.75, 3.05) is 30.4 Å². The number of hydrogen-bond donors (Lipinski definition) is 1. The number of anilines is 2. The molecule has 0 saturated heterocycles. The Bertz CT molecular complexity index is 382. The first-order valence-electron chi connectivity index (χ1n) is 5.35. The van der Waals surface area contributed by atoms with Gasteiger partial charge in [-0.1, -0.05) is 6.92 Å². The Labute approximate surface area is 96.1 Å². The summed E-state index contributed by atoms with van der Waals surface area (Å²) in [6, 6.07) is 3.89. The van der Waals surface area contributed by atoms with E-state index in [2.05, 4.69) is 27.1 Å². The second-order valence-electron chi connectivity index (χ2n) is 3.59. The molecule has 0 aliphatic rings. The van der Waals surface area contributed by atoms with E-state index in [0.29, 0.717) is 11.6 Å². The van der Waals surface area contributed by atoms with Gasteiger partial charge in [-0.3, -0.25) is 0 Å². The molecule has 0 aliphatic carbocycles. The van der Waals surface area contributed by atoms with Crippen molar-refractivity contribution in [2.45, 2.75) is 20.3 Å². The van der Waals surface area contributed by atoms with Gasteiger partial charge < -0.3 is 10.2 Å². The summed E-state index contributed by atoms with van der Waals surface area (Å²) in [5.74, 6) is 2.29. The van der Waals surface area contributed by atoms with Gasteiger partial charge in [0.2, 0.25) is 0 Å². The van der Waals surface area contributed by atoms with Gasteiger partial charge in [-0.25, -0.2) is 9.97 Å². The lowest BCUT2D eigenvalue weighted by Gasteiger charge is -2.18. The van der Waals surface area contributed by atoms with Crippen LogP contribution < -0.4 is 10.2 Å². The smallest absolute Gasteiger partial charge is 0.134 e. The first kappa shape index (κ1) is 12.2. The van der Waals surface area contributed by atoms with Gasteiger partial charge in [-0.15, -0.1) is 0 Å². The van der Waals surface area contributed by atoms with Crippen LogP contribution in [0.15, 0.2) is 6.07 Å². The van der Waals surface area contributed by atoms with Crippen molar-refractivity contribution < 1.29 is 0 Å². The van der Waals surface area contributed by atoms with E-state index >= 15 is 0 Å². The number of nitriles is 1. The van der Waals surface area contributed by atoms with Crippen LogP contribution >= 0.6 is 0 Å². The monoisotopic (exact) mass is 219 g/mol. The Morgan fingerprint density at radius 1 is 1.50 bits per heavy atom. The predicted molar refractivity (Wildman–Crippen MR) is 64.4 cm³/mol. The normalized spacial score (nSPS) is 9.62. The Morgan fingerprint density at radius 2 is 2.25 bits per heavy atom. The standard InChI is InChI=1S/C11H17N5/c1-4-7-16(3)11-8-10(13-6-5-12)14-9(2)15-11/h8H,4,6-7H2,1-3H3,(H,13,14,15). The van der Waals surface area contributed by atoms with Crippen LogP contribution in [0.25, 0.3) is 0 Å². The van der Waals surface area contributed by atoms with E-state index in [-0.39, 0.29) is 6.54 Å². The van der Waals surface area contributed by atoms with E-state index < -0.39 is 0 Å². The second kappa shape index (κ2) is 5.91. The fourth-order valence-electron chi connectivity index (χ4n) is 1.42. The third kappa shape index (κ3) is 3.39. The molecular formula is C11H17N5. The first-order chi connectivity index (χ1) is 7.67. The van der Waals surface area contributed by atoms with Crippen molar-refractivity contribution in [3.8, 4) is 6.07 Å². The van der Waals surface area contributed by atoms with Crippen molar-refractivity contribution in [3.05, 3.63) is 11.9 Å². The average Bonchev–Trinajstić information content (AvgIpc) is 2.26. The summed E-state index contributed by atoms with van der Waals surface area (Å²) in [5.41, 5.74) is 0. The van der Waals surface area contributed by atoms with Crippen molar-refractivity contribution in [3.63, 3.8) is 0 Å². The number of nitrogens with one attached hydrogen (secondary N) is 1. The van der Waals surface area contributed by atoms with Crippen molar-refractivity contribution in [1.29, 1.82) is 5.26 Å². The first-order valence-corrected chi connectivity index (χ1v) is 5.35. The molecule has 5 nitrogen and oxygen atoms in total. The molecule has 0 fully saturated rings. The van der Waals surface area contributed by atoms with Crippen LogP contribution in [0.2, 0.25) is 0 Å². The maximum Gasteiger partial charge on any atom is 0.134 e. The molecule has 0 unspecified atom stereocenters. The maximum atomic E-state index is 8.49. The summed E-state index contributed by atoms with van der Waals surface area (Å²) < 4.78 is 0.